The van der Waals surface area contributed by atoms with Gasteiger partial charge in [-0.15, -0.1) is 0 Å². The van der Waals surface area contributed by atoms with Crippen molar-refractivity contribution in [2.24, 2.45) is 5.16 Å². The van der Waals surface area contributed by atoms with E-state index in [0.29, 0.717) is 5.71 Å². The van der Waals surface area contributed by atoms with Gasteiger partial charge in [0, 0.05) is 11.1 Å². The van der Waals surface area contributed by atoms with Gasteiger partial charge in [0.1, 0.15) is 5.71 Å². The van der Waals surface area contributed by atoms with Crippen molar-refractivity contribution >= 4 is 5.71 Å². The molecule has 0 radical (unpaired) electrons. The summed E-state index contributed by atoms with van der Waals surface area (Å²) in [6.45, 7) is 1.12. The van der Waals surface area contributed by atoms with Crippen molar-refractivity contribution in [3.05, 3.63) is 59.2 Å². The first-order valence-corrected chi connectivity index (χ1v) is 7.80. The maximum absolute atomic E-state index is 9.41. The van der Waals surface area contributed by atoms with Gasteiger partial charge < -0.3 is 10.1 Å². The Morgan fingerprint density at radius 3 is 2.36 bits per heavy atom. The van der Waals surface area contributed by atoms with E-state index < -0.39 is 0 Å². The molecule has 1 aliphatic rings. The standard InChI is InChI=1S/C19H22N2O/c1-21(2)12-6-5-7-14-10-11-16-15-8-3-4-9-17(15)19(20-22)18(16)13-14/h3-4,8-11,13,22H,5-7,12H2,1-2H3/b20-19-. The maximum Gasteiger partial charge on any atom is 0.118 e. The van der Waals surface area contributed by atoms with Crippen molar-refractivity contribution in [3.63, 3.8) is 0 Å². The summed E-state index contributed by atoms with van der Waals surface area (Å²) in [5.41, 5.74) is 6.40. The van der Waals surface area contributed by atoms with Gasteiger partial charge in [-0.05, 0) is 62.7 Å². The number of hydrogen-bond donors (Lipinski definition) is 1. The van der Waals surface area contributed by atoms with Gasteiger partial charge in [0.2, 0.25) is 0 Å². The van der Waals surface area contributed by atoms with Gasteiger partial charge in [-0.2, -0.15) is 0 Å². The van der Waals surface area contributed by atoms with Crippen LogP contribution in [0.2, 0.25) is 0 Å². The number of benzene rings is 2. The van der Waals surface area contributed by atoms with E-state index in [2.05, 4.69) is 48.4 Å². The Hall–Kier alpha value is -2.13. The SMILES string of the molecule is CN(C)CCCCc1ccc2c(c1)/C(=N\O)c1ccccc1-2. The molecule has 114 valence electrons. The van der Waals surface area contributed by atoms with Crippen LogP contribution in [0.3, 0.4) is 0 Å². The Bertz CT molecular complexity index is 704. The topological polar surface area (TPSA) is 35.8 Å². The molecule has 3 heteroatoms. The lowest BCUT2D eigenvalue weighted by molar-refractivity contribution is 0.320. The van der Waals surface area contributed by atoms with E-state index >= 15 is 0 Å². The number of fused-ring (bicyclic) bond motifs is 3. The third-order valence-corrected chi connectivity index (χ3v) is 4.23. The zero-order valence-electron chi connectivity index (χ0n) is 13.2. The predicted molar refractivity (Wildman–Crippen MR) is 90.8 cm³/mol. The molecule has 0 aromatic heterocycles. The molecule has 3 nitrogen and oxygen atoms in total. The Morgan fingerprint density at radius 2 is 1.64 bits per heavy atom. The van der Waals surface area contributed by atoms with Crippen LogP contribution in [0.25, 0.3) is 11.1 Å². The van der Waals surface area contributed by atoms with E-state index in [-0.39, 0.29) is 0 Å². The van der Waals surface area contributed by atoms with Crippen molar-refractivity contribution < 1.29 is 5.21 Å². The Morgan fingerprint density at radius 1 is 0.909 bits per heavy atom. The van der Waals surface area contributed by atoms with Crippen molar-refractivity contribution in [2.45, 2.75) is 19.3 Å². The molecule has 0 unspecified atom stereocenters. The van der Waals surface area contributed by atoms with Crippen LogP contribution >= 0.6 is 0 Å². The Labute approximate surface area is 131 Å². The number of aryl methyl sites for hydroxylation is 1. The normalized spacial score (nSPS) is 14.4. The lowest BCUT2D eigenvalue weighted by Gasteiger charge is -2.09. The molecule has 0 aliphatic heterocycles. The minimum absolute atomic E-state index is 0.695. The first kappa shape index (κ1) is 14.8. The first-order valence-electron chi connectivity index (χ1n) is 7.80. The van der Waals surface area contributed by atoms with Crippen LogP contribution in [0.1, 0.15) is 29.5 Å². The molecule has 1 aliphatic carbocycles. The van der Waals surface area contributed by atoms with Gasteiger partial charge in [-0.3, -0.25) is 0 Å². The zero-order valence-corrected chi connectivity index (χ0v) is 13.2. The van der Waals surface area contributed by atoms with Crippen molar-refractivity contribution in [3.8, 4) is 11.1 Å². The van der Waals surface area contributed by atoms with Gasteiger partial charge >= 0.3 is 0 Å². The number of oxime groups is 1. The van der Waals surface area contributed by atoms with Crippen molar-refractivity contribution in [1.29, 1.82) is 0 Å². The largest absolute Gasteiger partial charge is 0.410 e. The molecule has 0 saturated carbocycles. The molecular formula is C19H22N2O. The number of nitrogens with zero attached hydrogens (tertiary/aromatic N) is 2. The van der Waals surface area contributed by atoms with Crippen LogP contribution in [0, 0.1) is 0 Å². The average Bonchev–Trinajstić information content (AvgIpc) is 2.84. The van der Waals surface area contributed by atoms with Crippen molar-refractivity contribution in [1.82, 2.24) is 4.90 Å². The third-order valence-electron chi connectivity index (χ3n) is 4.23. The molecule has 0 fully saturated rings. The molecule has 1 N–H and O–H groups in total. The highest BCUT2D eigenvalue weighted by Crippen LogP contribution is 2.37. The molecular weight excluding hydrogens is 272 g/mol. The van der Waals surface area contributed by atoms with E-state index in [4.69, 9.17) is 0 Å². The molecule has 2 aromatic carbocycles. The highest BCUT2D eigenvalue weighted by molar-refractivity contribution is 6.24. The number of unbranched alkanes of at least 4 members (excludes halogenated alkanes) is 1. The first-order chi connectivity index (χ1) is 10.7. The summed E-state index contributed by atoms with van der Waals surface area (Å²) in [6, 6.07) is 14.7. The molecule has 0 spiro atoms. The third kappa shape index (κ3) is 2.77. The minimum Gasteiger partial charge on any atom is -0.410 e. The molecule has 2 aromatic rings. The summed E-state index contributed by atoms with van der Waals surface area (Å²) in [6.07, 6.45) is 3.44. The quantitative estimate of drug-likeness (QED) is 0.441. The fraction of sp³-hybridized carbons (Fsp3) is 0.316. The smallest absolute Gasteiger partial charge is 0.118 e. The molecule has 3 rings (SSSR count). The molecule has 0 heterocycles. The fourth-order valence-electron chi connectivity index (χ4n) is 3.11. The highest BCUT2D eigenvalue weighted by Gasteiger charge is 2.24. The molecule has 0 bridgehead atoms. The van der Waals surface area contributed by atoms with Gasteiger partial charge in [0.05, 0.1) is 0 Å². The lowest BCUT2D eigenvalue weighted by atomic mass is 10.0. The maximum atomic E-state index is 9.41. The van der Waals surface area contributed by atoms with Crippen LogP contribution in [-0.2, 0) is 6.42 Å². The summed E-state index contributed by atoms with van der Waals surface area (Å²) in [4.78, 5) is 2.22. The second-order valence-corrected chi connectivity index (χ2v) is 6.13. The number of hydrogen-bond acceptors (Lipinski definition) is 3. The van der Waals surface area contributed by atoms with Gasteiger partial charge in [-0.25, -0.2) is 0 Å². The van der Waals surface area contributed by atoms with Crippen molar-refractivity contribution in [2.75, 3.05) is 20.6 Å². The van der Waals surface area contributed by atoms with E-state index in [1.54, 1.807) is 0 Å². The monoisotopic (exact) mass is 294 g/mol. The van der Waals surface area contributed by atoms with Crippen LogP contribution in [-0.4, -0.2) is 36.5 Å². The second-order valence-electron chi connectivity index (χ2n) is 6.13. The minimum atomic E-state index is 0.695. The summed E-state index contributed by atoms with van der Waals surface area (Å²) in [5, 5.41) is 12.9. The van der Waals surface area contributed by atoms with Gasteiger partial charge in [0.25, 0.3) is 0 Å². The second kappa shape index (κ2) is 6.32. The summed E-state index contributed by atoms with van der Waals surface area (Å²) >= 11 is 0. The number of rotatable bonds is 5. The Balaban J connectivity index is 1.82. The van der Waals surface area contributed by atoms with E-state index in [1.807, 2.05) is 18.2 Å². The zero-order chi connectivity index (χ0) is 15.5. The molecule has 0 saturated heterocycles. The lowest BCUT2D eigenvalue weighted by Crippen LogP contribution is -2.12. The summed E-state index contributed by atoms with van der Waals surface area (Å²) in [5.74, 6) is 0. The van der Waals surface area contributed by atoms with E-state index in [9.17, 15) is 5.21 Å². The summed E-state index contributed by atoms with van der Waals surface area (Å²) in [7, 11) is 4.22. The van der Waals surface area contributed by atoms with Crippen LogP contribution in [0.5, 0.6) is 0 Å². The van der Waals surface area contributed by atoms with Gasteiger partial charge in [0.15, 0.2) is 0 Å². The van der Waals surface area contributed by atoms with Crippen LogP contribution in [0.15, 0.2) is 47.6 Å². The highest BCUT2D eigenvalue weighted by atomic mass is 16.4. The van der Waals surface area contributed by atoms with Crippen LogP contribution < -0.4 is 0 Å². The predicted octanol–water partition coefficient (Wildman–Crippen LogP) is 3.78. The molecule has 0 amide bonds. The average molecular weight is 294 g/mol. The summed E-state index contributed by atoms with van der Waals surface area (Å²) < 4.78 is 0. The van der Waals surface area contributed by atoms with E-state index in [1.165, 1.54) is 24.0 Å². The van der Waals surface area contributed by atoms with E-state index in [0.717, 1.165) is 29.7 Å². The fourth-order valence-corrected chi connectivity index (χ4v) is 3.11. The molecule has 22 heavy (non-hydrogen) atoms. The Kier molecular flexibility index (Phi) is 4.25. The van der Waals surface area contributed by atoms with Crippen LogP contribution in [0.4, 0.5) is 0 Å². The molecule has 0 atom stereocenters. The van der Waals surface area contributed by atoms with Gasteiger partial charge in [-0.1, -0.05) is 41.6 Å².